The second-order valence-corrected chi connectivity index (χ2v) is 6.09. The number of carbonyl (C=O) groups excluding carboxylic acids is 2. The fourth-order valence-corrected chi connectivity index (χ4v) is 2.77. The molecule has 0 unspecified atom stereocenters. The van der Waals surface area contributed by atoms with E-state index >= 15 is 0 Å². The topological polar surface area (TPSA) is 52.7 Å². The molecule has 1 fully saturated rings. The van der Waals surface area contributed by atoms with Crippen LogP contribution in [0.4, 0.5) is 17.1 Å². The molecule has 0 bridgehead atoms. The van der Waals surface area contributed by atoms with E-state index in [2.05, 4.69) is 5.32 Å². The Kier molecular flexibility index (Phi) is 4.51. The highest BCUT2D eigenvalue weighted by Gasteiger charge is 2.21. The number of amides is 2. The van der Waals surface area contributed by atoms with Crippen molar-refractivity contribution < 1.29 is 9.59 Å². The molecule has 5 nitrogen and oxygen atoms in total. The maximum absolute atomic E-state index is 12.4. The molecular weight excluding hydrogens is 302 g/mol. The van der Waals surface area contributed by atoms with Crippen molar-refractivity contribution in [3.63, 3.8) is 0 Å². The predicted molar refractivity (Wildman–Crippen MR) is 96.8 cm³/mol. The van der Waals surface area contributed by atoms with Gasteiger partial charge in [-0.15, -0.1) is 0 Å². The Bertz CT molecular complexity index is 753. The average molecular weight is 323 g/mol. The standard InChI is InChI=1S/C19H21N3O2/c1-21(2)17-6-3-5-14(13-17)19(24)20-15-8-10-16(11-9-15)22-12-4-7-18(22)23/h3,5-6,8-11,13H,4,7,12H2,1-2H3,(H,20,24). The molecule has 2 aromatic rings. The Labute approximate surface area is 141 Å². The summed E-state index contributed by atoms with van der Waals surface area (Å²) in [6.07, 6.45) is 1.51. The first-order valence-corrected chi connectivity index (χ1v) is 8.04. The minimum Gasteiger partial charge on any atom is -0.378 e. The lowest BCUT2D eigenvalue weighted by Crippen LogP contribution is -2.23. The molecule has 124 valence electrons. The summed E-state index contributed by atoms with van der Waals surface area (Å²) in [5.74, 6) is 0.0102. The quantitative estimate of drug-likeness (QED) is 0.940. The van der Waals surface area contributed by atoms with Crippen molar-refractivity contribution >= 4 is 28.9 Å². The van der Waals surface area contributed by atoms with Gasteiger partial charge in [0.25, 0.3) is 5.91 Å². The normalized spacial score (nSPS) is 13.9. The van der Waals surface area contributed by atoms with E-state index in [0.29, 0.717) is 17.7 Å². The van der Waals surface area contributed by atoms with Crippen LogP contribution >= 0.6 is 0 Å². The number of nitrogens with one attached hydrogen (secondary N) is 1. The van der Waals surface area contributed by atoms with Crippen LogP contribution in [-0.2, 0) is 4.79 Å². The summed E-state index contributed by atoms with van der Waals surface area (Å²) in [5, 5.41) is 2.89. The first kappa shape index (κ1) is 16.1. The monoisotopic (exact) mass is 323 g/mol. The van der Waals surface area contributed by atoms with Crippen molar-refractivity contribution in [2.45, 2.75) is 12.8 Å². The van der Waals surface area contributed by atoms with E-state index in [1.165, 1.54) is 0 Å². The summed E-state index contributed by atoms with van der Waals surface area (Å²) in [6, 6.07) is 14.9. The third kappa shape index (κ3) is 3.40. The molecule has 2 aromatic carbocycles. The highest BCUT2D eigenvalue weighted by molar-refractivity contribution is 6.05. The van der Waals surface area contributed by atoms with Crippen LogP contribution in [0.2, 0.25) is 0 Å². The zero-order valence-corrected chi connectivity index (χ0v) is 14.0. The third-order valence-electron chi connectivity index (χ3n) is 4.14. The molecule has 5 heteroatoms. The molecule has 1 aliphatic rings. The highest BCUT2D eigenvalue weighted by Crippen LogP contribution is 2.23. The van der Waals surface area contributed by atoms with Gasteiger partial charge in [0, 0.05) is 49.7 Å². The van der Waals surface area contributed by atoms with E-state index in [0.717, 1.165) is 24.3 Å². The van der Waals surface area contributed by atoms with Crippen LogP contribution in [0.25, 0.3) is 0 Å². The Morgan fingerprint density at radius 3 is 2.50 bits per heavy atom. The van der Waals surface area contributed by atoms with Gasteiger partial charge in [0.05, 0.1) is 0 Å². The van der Waals surface area contributed by atoms with E-state index in [1.807, 2.05) is 61.5 Å². The van der Waals surface area contributed by atoms with Crippen molar-refractivity contribution in [2.75, 3.05) is 35.8 Å². The molecule has 1 aliphatic heterocycles. The molecule has 0 radical (unpaired) electrons. The number of carbonyl (C=O) groups is 2. The van der Waals surface area contributed by atoms with E-state index in [9.17, 15) is 9.59 Å². The van der Waals surface area contributed by atoms with Crippen molar-refractivity contribution in [3.05, 3.63) is 54.1 Å². The molecule has 0 atom stereocenters. The van der Waals surface area contributed by atoms with Crippen LogP contribution in [0, 0.1) is 0 Å². The molecule has 1 saturated heterocycles. The lowest BCUT2D eigenvalue weighted by Gasteiger charge is -2.16. The first-order chi connectivity index (χ1) is 11.5. The maximum atomic E-state index is 12.4. The molecule has 24 heavy (non-hydrogen) atoms. The van der Waals surface area contributed by atoms with Crippen molar-refractivity contribution in [3.8, 4) is 0 Å². The van der Waals surface area contributed by atoms with Crippen LogP contribution in [0.5, 0.6) is 0 Å². The van der Waals surface area contributed by atoms with Crippen LogP contribution in [-0.4, -0.2) is 32.5 Å². The van der Waals surface area contributed by atoms with Crippen molar-refractivity contribution in [1.82, 2.24) is 0 Å². The number of rotatable bonds is 4. The second-order valence-electron chi connectivity index (χ2n) is 6.09. The number of benzene rings is 2. The molecule has 2 amide bonds. The number of hydrogen-bond acceptors (Lipinski definition) is 3. The van der Waals surface area contributed by atoms with Gasteiger partial charge in [-0.3, -0.25) is 9.59 Å². The summed E-state index contributed by atoms with van der Waals surface area (Å²) >= 11 is 0. The van der Waals surface area contributed by atoms with E-state index in [1.54, 1.807) is 11.0 Å². The maximum Gasteiger partial charge on any atom is 0.255 e. The lowest BCUT2D eigenvalue weighted by atomic mass is 10.1. The number of hydrogen-bond donors (Lipinski definition) is 1. The lowest BCUT2D eigenvalue weighted by molar-refractivity contribution is -0.117. The van der Waals surface area contributed by atoms with Gasteiger partial charge in [-0.1, -0.05) is 6.07 Å². The van der Waals surface area contributed by atoms with Crippen LogP contribution < -0.4 is 15.1 Å². The first-order valence-electron chi connectivity index (χ1n) is 8.04. The zero-order chi connectivity index (χ0) is 17.1. The Morgan fingerprint density at radius 1 is 1.12 bits per heavy atom. The van der Waals surface area contributed by atoms with Gasteiger partial charge in [0.15, 0.2) is 0 Å². The molecule has 3 rings (SSSR count). The number of nitrogens with zero attached hydrogens (tertiary/aromatic N) is 2. The molecule has 1 heterocycles. The van der Waals surface area contributed by atoms with Gasteiger partial charge in [-0.25, -0.2) is 0 Å². The molecule has 0 spiro atoms. The van der Waals surface area contributed by atoms with Crippen molar-refractivity contribution in [1.29, 1.82) is 0 Å². The van der Waals surface area contributed by atoms with Gasteiger partial charge in [0.1, 0.15) is 0 Å². The van der Waals surface area contributed by atoms with Gasteiger partial charge in [-0.2, -0.15) is 0 Å². The minimum atomic E-state index is -0.149. The predicted octanol–water partition coefficient (Wildman–Crippen LogP) is 3.13. The van der Waals surface area contributed by atoms with Gasteiger partial charge in [-0.05, 0) is 48.9 Å². The Hall–Kier alpha value is -2.82. The Morgan fingerprint density at radius 2 is 1.88 bits per heavy atom. The summed E-state index contributed by atoms with van der Waals surface area (Å²) in [7, 11) is 3.88. The smallest absolute Gasteiger partial charge is 0.255 e. The molecule has 1 N–H and O–H groups in total. The van der Waals surface area contributed by atoms with Gasteiger partial charge < -0.3 is 15.1 Å². The molecule has 0 aromatic heterocycles. The van der Waals surface area contributed by atoms with E-state index in [-0.39, 0.29) is 11.8 Å². The van der Waals surface area contributed by atoms with Crippen LogP contribution in [0.15, 0.2) is 48.5 Å². The summed E-state index contributed by atoms with van der Waals surface area (Å²) in [5.41, 5.74) is 3.18. The van der Waals surface area contributed by atoms with Crippen molar-refractivity contribution in [2.24, 2.45) is 0 Å². The summed E-state index contributed by atoms with van der Waals surface area (Å²) < 4.78 is 0. The average Bonchev–Trinajstić information content (AvgIpc) is 3.01. The van der Waals surface area contributed by atoms with Crippen LogP contribution in [0.1, 0.15) is 23.2 Å². The fraction of sp³-hybridized carbons (Fsp3) is 0.263. The minimum absolute atomic E-state index is 0.149. The molecule has 0 aliphatic carbocycles. The summed E-state index contributed by atoms with van der Waals surface area (Å²) in [6.45, 7) is 0.766. The van der Waals surface area contributed by atoms with Crippen LogP contribution in [0.3, 0.4) is 0 Å². The SMILES string of the molecule is CN(C)c1cccc(C(=O)Nc2ccc(N3CCCC3=O)cc2)c1. The third-order valence-corrected chi connectivity index (χ3v) is 4.14. The van der Waals surface area contributed by atoms with Gasteiger partial charge in [0.2, 0.25) is 5.91 Å². The van der Waals surface area contributed by atoms with Gasteiger partial charge >= 0.3 is 0 Å². The zero-order valence-electron chi connectivity index (χ0n) is 14.0. The van der Waals surface area contributed by atoms with E-state index in [4.69, 9.17) is 0 Å². The fourth-order valence-electron chi connectivity index (χ4n) is 2.77. The Balaban J connectivity index is 1.70. The van der Waals surface area contributed by atoms with E-state index < -0.39 is 0 Å². The largest absolute Gasteiger partial charge is 0.378 e. The second kappa shape index (κ2) is 6.74. The summed E-state index contributed by atoms with van der Waals surface area (Å²) in [4.78, 5) is 27.9. The molecule has 0 saturated carbocycles. The number of anilines is 3. The highest BCUT2D eigenvalue weighted by atomic mass is 16.2. The molecular formula is C19H21N3O2.